The molecule has 0 bridgehead atoms. The van der Waals surface area contributed by atoms with Crippen LogP contribution in [0, 0.1) is 0 Å². The first-order valence-electron chi connectivity index (χ1n) is 20.2. The summed E-state index contributed by atoms with van der Waals surface area (Å²) in [5, 5.41) is 5.19. The Bertz CT molecular complexity index is 2450. The summed E-state index contributed by atoms with van der Waals surface area (Å²) in [7, 11) is -0.392. The number of rotatable bonds is 3. The zero-order valence-corrected chi connectivity index (χ0v) is 28.0. The first-order chi connectivity index (χ1) is 27.2. The fraction of sp³-hybridized carbons (Fsp3) is 0.143. The Morgan fingerprint density at radius 2 is 1.00 bits per heavy atom. The molecule has 1 fully saturated rings. The topological polar surface area (TPSA) is 44.7 Å². The molecular formula is C42H44BClO4. The second-order valence-electron chi connectivity index (χ2n) is 13.3. The highest BCUT2D eigenvalue weighted by Crippen LogP contribution is 2.40. The second-order valence-corrected chi connectivity index (χ2v) is 13.7. The van der Waals surface area contributed by atoms with Crippen LogP contribution in [0.5, 0.6) is 0 Å². The minimum Gasteiger partial charge on any atom is -0.456 e. The summed E-state index contributed by atoms with van der Waals surface area (Å²) in [6.45, 7) is 8.27. The number of halogens is 1. The summed E-state index contributed by atoms with van der Waals surface area (Å²) in [4.78, 5) is 0. The van der Waals surface area contributed by atoms with Crippen molar-refractivity contribution in [3.8, 4) is 22.3 Å². The van der Waals surface area contributed by atoms with E-state index in [9.17, 15) is 0 Å². The van der Waals surface area contributed by atoms with Gasteiger partial charge in [0.15, 0.2) is 0 Å². The van der Waals surface area contributed by atoms with Gasteiger partial charge in [0.25, 0.3) is 0 Å². The maximum atomic E-state index is 6.21. The molecule has 246 valence electrons. The Hall–Kier alpha value is -4.81. The molecule has 3 heterocycles. The lowest BCUT2D eigenvalue weighted by atomic mass is 9.79. The summed E-state index contributed by atoms with van der Waals surface area (Å²) >= 11 is 6.04. The van der Waals surface area contributed by atoms with Crippen molar-refractivity contribution in [2.24, 2.45) is 0 Å². The summed E-state index contributed by atoms with van der Waals surface area (Å²) in [5.74, 6) is 0. The molecule has 2 aromatic heterocycles. The van der Waals surface area contributed by atoms with E-state index in [2.05, 4.69) is 88.4 Å². The first kappa shape index (κ1) is 26.2. The number of hydrogen-bond donors (Lipinski definition) is 0. The van der Waals surface area contributed by atoms with E-state index in [1.54, 1.807) is 0 Å². The summed E-state index contributed by atoms with van der Waals surface area (Å²) in [6.07, 6.45) is 0. The van der Waals surface area contributed by atoms with Crippen LogP contribution < -0.4 is 5.46 Å². The van der Waals surface area contributed by atoms with Crippen LogP contribution in [0.1, 0.15) is 41.0 Å². The Kier molecular flexibility index (Phi) is 6.39. The highest BCUT2D eigenvalue weighted by Gasteiger charge is 2.51. The number of fused-ring (bicyclic) bond motifs is 6. The van der Waals surface area contributed by atoms with Crippen LogP contribution >= 0.6 is 11.6 Å². The van der Waals surface area contributed by atoms with Gasteiger partial charge >= 0.3 is 7.12 Å². The van der Waals surface area contributed by atoms with Gasteiger partial charge in [0, 0.05) is 45.9 Å². The Balaban J connectivity index is 0.000000265. The molecule has 6 heteroatoms. The van der Waals surface area contributed by atoms with Gasteiger partial charge in [-0.3, -0.25) is 0 Å². The molecule has 0 spiro atoms. The van der Waals surface area contributed by atoms with Crippen LogP contribution in [0.15, 0.2) is 142 Å². The maximum Gasteiger partial charge on any atom is 0.494 e. The van der Waals surface area contributed by atoms with Crippen LogP contribution in [0.25, 0.3) is 66.1 Å². The van der Waals surface area contributed by atoms with Gasteiger partial charge in [-0.1, -0.05) is 109 Å². The van der Waals surface area contributed by atoms with Crippen LogP contribution in [0.2, 0.25) is 5.02 Å². The van der Waals surface area contributed by atoms with Gasteiger partial charge < -0.3 is 18.1 Å². The predicted molar refractivity (Wildman–Crippen MR) is 210 cm³/mol. The molecule has 1 aliphatic rings. The predicted octanol–water partition coefficient (Wildman–Crippen LogP) is 12.7. The van der Waals surface area contributed by atoms with Crippen molar-refractivity contribution in [2.75, 3.05) is 0 Å². The number of furan rings is 2. The van der Waals surface area contributed by atoms with Crippen molar-refractivity contribution in [2.45, 2.75) is 38.9 Å². The van der Waals surface area contributed by atoms with Crippen LogP contribution in [0.3, 0.4) is 0 Å². The van der Waals surface area contributed by atoms with Crippen LogP contribution in [0.4, 0.5) is 0 Å². The molecule has 8 aromatic rings. The molecule has 0 atom stereocenters. The molecule has 4 nitrogen and oxygen atoms in total. The fourth-order valence-corrected chi connectivity index (χ4v) is 6.65. The van der Waals surface area contributed by atoms with E-state index in [4.69, 9.17) is 41.6 Å². The van der Waals surface area contributed by atoms with Gasteiger partial charge in [-0.15, -0.1) is 0 Å². The van der Waals surface area contributed by atoms with Crippen LogP contribution in [-0.2, 0) is 9.31 Å². The molecule has 0 N–H and O–H groups in total. The van der Waals surface area contributed by atoms with Gasteiger partial charge in [-0.25, -0.2) is 0 Å². The monoisotopic (exact) mass is 676 g/mol. The highest BCUT2D eigenvalue weighted by atomic mass is 35.5. The third kappa shape index (κ3) is 5.29. The second kappa shape index (κ2) is 11.7. The molecule has 1 aliphatic heterocycles. The van der Waals surface area contributed by atoms with E-state index in [0.29, 0.717) is 5.02 Å². The molecule has 0 saturated carbocycles. The van der Waals surface area contributed by atoms with Crippen molar-refractivity contribution in [3.63, 3.8) is 0 Å². The van der Waals surface area contributed by atoms with Gasteiger partial charge in [0.2, 0.25) is 0 Å². The standard InChI is InChI=1S/C24H23BO3.C18H11ClO.5H2/c1-23(2)24(3,4)28-25(27-23)17-13-14-19-21(15-17)26-20-12-8-11-18(22(19)20)16-9-6-5-7-10-16;19-13-9-10-15-17(11-13)20-16-8-4-7-14(18(15)16)12-5-2-1-3-6-12;;;;;/h5-15H,1-4H3;1-11H;5*1H/i;;4*1+2T;1+2. The lowest BCUT2D eigenvalue weighted by molar-refractivity contribution is 0.00578. The fourth-order valence-electron chi connectivity index (χ4n) is 6.48. The van der Waals surface area contributed by atoms with Crippen molar-refractivity contribution in [3.05, 3.63) is 138 Å². The largest absolute Gasteiger partial charge is 0.494 e. The molecule has 0 radical (unpaired) electrons. The normalized spacial score (nSPS) is 16.0. The quantitative estimate of drug-likeness (QED) is 0.175. The maximum absolute atomic E-state index is 6.21. The molecule has 6 aromatic carbocycles. The third-order valence-corrected chi connectivity index (χ3v) is 9.91. The van der Waals surface area contributed by atoms with Gasteiger partial charge in [-0.2, -0.15) is 0 Å². The highest BCUT2D eigenvalue weighted by molar-refractivity contribution is 6.62. The molecular weight excluding hydrogens is 615 g/mol. The molecule has 0 aliphatic carbocycles. The molecule has 0 unspecified atom stereocenters. The number of hydrogen-bond acceptors (Lipinski definition) is 4. The molecule has 1 saturated heterocycles. The average Bonchev–Trinajstić information content (AvgIpc) is 3.88. The number of benzene rings is 6. The molecule has 9 rings (SSSR count). The molecule has 48 heavy (non-hydrogen) atoms. The minimum absolute atomic E-state index is 0. The first-order valence-corrected chi connectivity index (χ1v) is 16.6. The van der Waals surface area contributed by atoms with Crippen molar-refractivity contribution in [1.82, 2.24) is 0 Å². The summed E-state index contributed by atoms with van der Waals surface area (Å²) < 4.78 is 64.5. The zero-order chi connectivity index (χ0) is 41.0. The molecule has 0 amide bonds. The Labute approximate surface area is 298 Å². The van der Waals surface area contributed by atoms with E-state index in [1.165, 1.54) is 22.3 Å². The Morgan fingerprint density at radius 1 is 0.521 bits per heavy atom. The lowest BCUT2D eigenvalue weighted by Gasteiger charge is -2.32. The van der Waals surface area contributed by atoms with E-state index in [-0.39, 0.29) is 12.6 Å². The van der Waals surface area contributed by atoms with E-state index in [1.807, 2.05) is 72.8 Å². The summed E-state index contributed by atoms with van der Waals surface area (Å²) in [6, 6.07) is 45.2. The van der Waals surface area contributed by atoms with E-state index < -0.39 is 7.12 Å². The zero-order valence-electron chi connectivity index (χ0n) is 35.3. The summed E-state index contributed by atoms with van der Waals surface area (Å²) in [5.41, 5.74) is 8.46. The third-order valence-electron chi connectivity index (χ3n) is 9.68. The van der Waals surface area contributed by atoms with Crippen molar-refractivity contribution in [1.29, 1.82) is 0 Å². The SMILES string of the molecule is CC1(C)OB(c2ccc3c(c2)oc2cccc(-c4ccccc4)c23)OC1(C)C.Clc1ccc2c(c1)oc1cccc(-c3ccccc3)c12.[3HH].[3H][3H].[3H][3H].[3H][3H].[3H][3H]. The average molecular weight is 677 g/mol. The van der Waals surface area contributed by atoms with Crippen molar-refractivity contribution >= 4 is 68.1 Å². The van der Waals surface area contributed by atoms with Gasteiger partial charge in [0.1, 0.15) is 22.3 Å². The smallest absolute Gasteiger partial charge is 0.456 e. The minimum atomic E-state index is -0.392. The van der Waals surface area contributed by atoms with E-state index >= 15 is 0 Å². The van der Waals surface area contributed by atoms with E-state index in [0.717, 1.165) is 49.3 Å². The Morgan fingerprint density at radius 3 is 1.52 bits per heavy atom. The van der Waals surface area contributed by atoms with Gasteiger partial charge in [-0.05, 0) is 85.7 Å². The lowest BCUT2D eigenvalue weighted by Crippen LogP contribution is -2.41. The van der Waals surface area contributed by atoms with Crippen LogP contribution in [-0.4, -0.2) is 18.3 Å². The van der Waals surface area contributed by atoms with Gasteiger partial charge in [0.05, 0.1) is 11.2 Å². The van der Waals surface area contributed by atoms with Crippen molar-refractivity contribution < 1.29 is 31.4 Å².